The molecule has 1 fully saturated rings. The highest BCUT2D eigenvalue weighted by molar-refractivity contribution is 5.77. The molecule has 1 aliphatic carbocycles. The summed E-state index contributed by atoms with van der Waals surface area (Å²) in [4.78, 5) is 1.86. The van der Waals surface area contributed by atoms with Crippen LogP contribution in [-0.4, -0.2) is 43.8 Å². The maximum Gasteiger partial charge on any atom is 0.192 e. The summed E-state index contributed by atoms with van der Waals surface area (Å²) < 4.78 is 11.3. The van der Waals surface area contributed by atoms with E-state index in [-0.39, 0.29) is 23.4 Å². The van der Waals surface area contributed by atoms with E-state index in [2.05, 4.69) is 59.6 Å². The van der Waals surface area contributed by atoms with E-state index < -0.39 is 0 Å². The first-order valence-electron chi connectivity index (χ1n) is 12.0. The summed E-state index contributed by atoms with van der Waals surface area (Å²) in [5.41, 5.74) is 9.92. The number of fused-ring (bicyclic) bond motifs is 1. The lowest BCUT2D eigenvalue weighted by Crippen LogP contribution is -2.52. The molecule has 0 radical (unpaired) electrons. The number of methoxy groups -OCH3 is 1. The summed E-state index contributed by atoms with van der Waals surface area (Å²) >= 11 is 0. The van der Waals surface area contributed by atoms with Crippen LogP contribution in [0.2, 0.25) is 0 Å². The molecule has 1 aromatic rings. The van der Waals surface area contributed by atoms with Crippen molar-refractivity contribution in [2.75, 3.05) is 26.9 Å². The van der Waals surface area contributed by atoms with Crippen molar-refractivity contribution in [2.45, 2.75) is 52.6 Å². The third-order valence-electron chi connectivity index (χ3n) is 7.17. The predicted molar refractivity (Wildman–Crippen MR) is 138 cm³/mol. The number of hydrogen-bond donors (Lipinski definition) is 2. The largest absolute Gasteiger partial charge is 0.381 e. The van der Waals surface area contributed by atoms with Crippen molar-refractivity contribution in [1.29, 1.82) is 10.7 Å². The number of nitrogens with one attached hydrogen (secondary N) is 1. The van der Waals surface area contributed by atoms with Gasteiger partial charge >= 0.3 is 0 Å². The van der Waals surface area contributed by atoms with Gasteiger partial charge in [0.1, 0.15) is 0 Å². The first kappa shape index (κ1) is 27.6. The molecule has 2 aliphatic rings. The minimum Gasteiger partial charge on any atom is -0.381 e. The highest BCUT2D eigenvalue weighted by atomic mass is 16.5. The zero-order valence-electron chi connectivity index (χ0n) is 21.6. The van der Waals surface area contributed by atoms with Gasteiger partial charge in [0.2, 0.25) is 0 Å². The SMILES string of the molecule is C=C.C=C(C1c2cc(C#N)ccc2CC1CC(C)[C@@H](OC)C(C)C)N(CC1(C)COC1)C(=N)N. The fraction of sp³-hybridized carbons (Fsp3) is 0.571. The molecule has 4 atom stereocenters. The van der Waals surface area contributed by atoms with Crippen LogP contribution in [0.1, 0.15) is 56.7 Å². The number of benzene rings is 1. The summed E-state index contributed by atoms with van der Waals surface area (Å²) in [6.07, 6.45) is 2.08. The Kier molecular flexibility index (Phi) is 9.49. The average Bonchev–Trinajstić information content (AvgIpc) is 3.13. The van der Waals surface area contributed by atoms with Crippen LogP contribution >= 0.6 is 0 Å². The van der Waals surface area contributed by atoms with Crippen molar-refractivity contribution in [3.05, 3.63) is 60.3 Å². The Balaban J connectivity index is 0.00000199. The molecule has 3 unspecified atom stereocenters. The Hall–Kier alpha value is -2.62. The summed E-state index contributed by atoms with van der Waals surface area (Å²) in [7, 11) is 1.79. The molecular weight excluding hydrogens is 424 g/mol. The van der Waals surface area contributed by atoms with E-state index in [4.69, 9.17) is 20.6 Å². The third-order valence-corrected chi connectivity index (χ3v) is 7.17. The number of nitrogens with zero attached hydrogens (tertiary/aromatic N) is 2. The van der Waals surface area contributed by atoms with E-state index in [0.717, 1.165) is 24.1 Å². The molecule has 0 saturated carbocycles. The number of nitrogens with two attached hydrogens (primary N) is 1. The molecule has 6 heteroatoms. The Bertz CT molecular complexity index is 915. The van der Waals surface area contributed by atoms with Crippen LogP contribution in [0.15, 0.2) is 43.6 Å². The molecule has 0 bridgehead atoms. The number of ether oxygens (including phenoxy) is 2. The second-order valence-corrected chi connectivity index (χ2v) is 10.4. The molecule has 186 valence electrons. The minimum atomic E-state index is -0.0356. The predicted octanol–water partition coefficient (Wildman–Crippen LogP) is 5.06. The molecule has 1 aliphatic heterocycles. The van der Waals surface area contributed by atoms with Crippen molar-refractivity contribution in [3.63, 3.8) is 0 Å². The van der Waals surface area contributed by atoms with Gasteiger partial charge in [-0.25, -0.2) is 0 Å². The Morgan fingerprint density at radius 1 is 1.35 bits per heavy atom. The Morgan fingerprint density at radius 2 is 2.00 bits per heavy atom. The number of hydrogen-bond acceptors (Lipinski definition) is 4. The second-order valence-electron chi connectivity index (χ2n) is 10.4. The monoisotopic (exact) mass is 466 g/mol. The van der Waals surface area contributed by atoms with E-state index in [0.29, 0.717) is 43.1 Å². The molecule has 1 aromatic carbocycles. The second kappa shape index (κ2) is 11.7. The van der Waals surface area contributed by atoms with Gasteiger partial charge in [0.05, 0.1) is 31.0 Å². The van der Waals surface area contributed by atoms with Gasteiger partial charge in [-0.2, -0.15) is 5.26 Å². The van der Waals surface area contributed by atoms with Crippen molar-refractivity contribution in [1.82, 2.24) is 4.90 Å². The first-order chi connectivity index (χ1) is 16.1. The van der Waals surface area contributed by atoms with Crippen molar-refractivity contribution >= 4 is 5.96 Å². The zero-order valence-corrected chi connectivity index (χ0v) is 21.6. The molecule has 0 amide bonds. The molecule has 0 aromatic heterocycles. The summed E-state index contributed by atoms with van der Waals surface area (Å²) in [6, 6.07) is 8.25. The van der Waals surface area contributed by atoms with Crippen LogP contribution < -0.4 is 5.73 Å². The molecular formula is C28H42N4O2. The molecule has 0 spiro atoms. The normalized spacial score (nSPS) is 21.8. The Labute approximate surface area is 205 Å². The van der Waals surface area contributed by atoms with Crippen LogP contribution in [0.5, 0.6) is 0 Å². The first-order valence-corrected chi connectivity index (χ1v) is 12.0. The molecule has 6 nitrogen and oxygen atoms in total. The van der Waals surface area contributed by atoms with Crippen LogP contribution in [0.25, 0.3) is 0 Å². The Morgan fingerprint density at radius 3 is 2.47 bits per heavy atom. The van der Waals surface area contributed by atoms with E-state index in [1.165, 1.54) is 5.56 Å². The van der Waals surface area contributed by atoms with Crippen molar-refractivity contribution < 1.29 is 9.47 Å². The lowest BCUT2D eigenvalue weighted by molar-refractivity contribution is -0.107. The minimum absolute atomic E-state index is 0.0109. The maximum atomic E-state index is 9.49. The molecule has 3 N–H and O–H groups in total. The van der Waals surface area contributed by atoms with Gasteiger partial charge in [-0.3, -0.25) is 5.41 Å². The van der Waals surface area contributed by atoms with E-state index >= 15 is 0 Å². The number of rotatable bonds is 9. The number of nitriles is 1. The lowest BCUT2D eigenvalue weighted by Gasteiger charge is -2.44. The number of allylic oxidation sites excluding steroid dienone is 1. The smallest absolute Gasteiger partial charge is 0.192 e. The van der Waals surface area contributed by atoms with Gasteiger partial charge in [0.15, 0.2) is 5.96 Å². The van der Waals surface area contributed by atoms with Gasteiger partial charge in [0, 0.05) is 30.7 Å². The molecule has 1 saturated heterocycles. The zero-order chi connectivity index (χ0) is 25.6. The lowest BCUT2D eigenvalue weighted by atomic mass is 9.79. The van der Waals surface area contributed by atoms with Crippen LogP contribution in [-0.2, 0) is 15.9 Å². The fourth-order valence-corrected chi connectivity index (χ4v) is 5.67. The van der Waals surface area contributed by atoms with Gasteiger partial charge in [-0.1, -0.05) is 40.3 Å². The topological polar surface area (TPSA) is 95.4 Å². The van der Waals surface area contributed by atoms with Crippen molar-refractivity contribution in [2.24, 2.45) is 28.9 Å². The van der Waals surface area contributed by atoms with Gasteiger partial charge < -0.3 is 20.1 Å². The standard InChI is InChI=1S/C26H38N4O2.C2H4/c1-16(2)24(31-6)17(3)9-21-11-20-8-7-19(12-27)10-22(20)23(21)18(4)30(25(28)29)13-26(5)14-32-15-26;1-2/h7-8,10,16-17,21,23-24H,4,9,11,13-15H2,1-3,5-6H3,(H3,28,29);1-2H2/t17?,21?,23?,24-;/m0./s1. The molecule has 34 heavy (non-hydrogen) atoms. The quantitative estimate of drug-likeness (QED) is 0.301. The maximum absolute atomic E-state index is 9.49. The summed E-state index contributed by atoms with van der Waals surface area (Å²) in [5, 5.41) is 17.8. The highest BCUT2D eigenvalue weighted by Gasteiger charge is 2.42. The fourth-order valence-electron chi connectivity index (χ4n) is 5.67. The summed E-state index contributed by atoms with van der Waals surface area (Å²) in [6.45, 7) is 21.2. The third kappa shape index (κ3) is 5.89. The van der Waals surface area contributed by atoms with Gasteiger partial charge in [0.25, 0.3) is 0 Å². The molecule has 3 rings (SSSR count). The van der Waals surface area contributed by atoms with E-state index in [1.807, 2.05) is 17.0 Å². The van der Waals surface area contributed by atoms with Crippen LogP contribution in [0.4, 0.5) is 0 Å². The van der Waals surface area contributed by atoms with E-state index in [1.54, 1.807) is 7.11 Å². The van der Waals surface area contributed by atoms with Crippen LogP contribution in [0.3, 0.4) is 0 Å². The molecule has 1 heterocycles. The number of guanidine groups is 1. The van der Waals surface area contributed by atoms with Crippen molar-refractivity contribution in [3.8, 4) is 6.07 Å². The summed E-state index contributed by atoms with van der Waals surface area (Å²) in [5.74, 6) is 1.13. The average molecular weight is 467 g/mol. The van der Waals surface area contributed by atoms with Gasteiger partial charge in [-0.05, 0) is 53.9 Å². The van der Waals surface area contributed by atoms with E-state index in [9.17, 15) is 5.26 Å². The van der Waals surface area contributed by atoms with Crippen LogP contribution in [0, 0.1) is 39.9 Å². The van der Waals surface area contributed by atoms with Gasteiger partial charge in [-0.15, -0.1) is 13.2 Å². The highest BCUT2D eigenvalue weighted by Crippen LogP contribution is 2.47.